The van der Waals surface area contributed by atoms with E-state index in [4.69, 9.17) is 9.47 Å². The Labute approximate surface area is 228 Å². The number of esters is 1. The standard InChI is InChI=1S/C27H18BrF3N2O6/c1-2-38-22-13-15(6-11-21(22)39-25(36)16-7-9-18(28)10-8-16)12-20-23(34)32-26(37)33(24(20)35)19-5-3-4-17(14-19)27(29,30)31/h3-14H,2H2,1H3,(H,32,34,37)/b20-12+. The number of halogens is 4. The molecule has 1 aliphatic heterocycles. The van der Waals surface area contributed by atoms with Crippen molar-refractivity contribution in [2.45, 2.75) is 13.1 Å². The summed E-state index contributed by atoms with van der Waals surface area (Å²) in [4.78, 5) is 51.0. The van der Waals surface area contributed by atoms with Crippen molar-refractivity contribution >= 4 is 51.5 Å². The molecule has 0 aliphatic carbocycles. The van der Waals surface area contributed by atoms with Crippen LogP contribution < -0.4 is 19.7 Å². The van der Waals surface area contributed by atoms with Crippen molar-refractivity contribution < 1.29 is 41.8 Å². The second-order valence-electron chi connectivity index (χ2n) is 8.04. The first-order valence-electron chi connectivity index (χ1n) is 11.3. The molecule has 1 aliphatic rings. The number of nitrogens with zero attached hydrogens (tertiary/aromatic N) is 1. The molecule has 4 rings (SSSR count). The van der Waals surface area contributed by atoms with Crippen molar-refractivity contribution in [3.63, 3.8) is 0 Å². The number of rotatable bonds is 6. The summed E-state index contributed by atoms with van der Waals surface area (Å²) in [6, 6.07) is 13.1. The molecular weight excluding hydrogens is 585 g/mol. The van der Waals surface area contributed by atoms with Crippen molar-refractivity contribution in [3.8, 4) is 11.5 Å². The van der Waals surface area contributed by atoms with Gasteiger partial charge >= 0.3 is 18.2 Å². The van der Waals surface area contributed by atoms with Crippen LogP contribution in [0, 0.1) is 0 Å². The van der Waals surface area contributed by atoms with Crippen LogP contribution in [0.25, 0.3) is 6.08 Å². The molecule has 1 heterocycles. The van der Waals surface area contributed by atoms with Crippen molar-refractivity contribution in [2.75, 3.05) is 11.5 Å². The molecule has 12 heteroatoms. The van der Waals surface area contributed by atoms with E-state index in [2.05, 4.69) is 15.9 Å². The maximum atomic E-state index is 13.2. The Kier molecular flexibility index (Phi) is 7.86. The van der Waals surface area contributed by atoms with Crippen LogP contribution >= 0.6 is 15.9 Å². The number of barbiturate groups is 1. The summed E-state index contributed by atoms with van der Waals surface area (Å²) in [6.45, 7) is 1.89. The first kappa shape index (κ1) is 27.6. The van der Waals surface area contributed by atoms with E-state index in [1.54, 1.807) is 31.2 Å². The average Bonchev–Trinajstić information content (AvgIpc) is 2.88. The molecule has 0 spiro atoms. The topological polar surface area (TPSA) is 102 Å². The number of imide groups is 2. The van der Waals surface area contributed by atoms with E-state index in [9.17, 15) is 32.3 Å². The molecule has 4 amide bonds. The van der Waals surface area contributed by atoms with Gasteiger partial charge in [-0.05, 0) is 73.2 Å². The van der Waals surface area contributed by atoms with Gasteiger partial charge in [0.15, 0.2) is 11.5 Å². The highest BCUT2D eigenvalue weighted by atomic mass is 79.9. The van der Waals surface area contributed by atoms with Gasteiger partial charge in [0.05, 0.1) is 23.4 Å². The van der Waals surface area contributed by atoms with Crippen LogP contribution in [0.15, 0.2) is 76.8 Å². The monoisotopic (exact) mass is 602 g/mol. The number of amides is 4. The van der Waals surface area contributed by atoms with E-state index >= 15 is 0 Å². The fourth-order valence-corrected chi connectivity index (χ4v) is 3.86. The summed E-state index contributed by atoms with van der Waals surface area (Å²) in [6.07, 6.45) is -3.56. The van der Waals surface area contributed by atoms with Crippen LogP contribution in [-0.4, -0.2) is 30.4 Å². The van der Waals surface area contributed by atoms with Gasteiger partial charge in [-0.2, -0.15) is 13.2 Å². The second-order valence-corrected chi connectivity index (χ2v) is 8.96. The zero-order valence-corrected chi connectivity index (χ0v) is 21.6. The van der Waals surface area contributed by atoms with Gasteiger partial charge in [-0.25, -0.2) is 14.5 Å². The Morgan fingerprint density at radius 3 is 2.38 bits per heavy atom. The van der Waals surface area contributed by atoms with Crippen LogP contribution in [0.1, 0.15) is 28.4 Å². The molecule has 1 saturated heterocycles. The van der Waals surface area contributed by atoms with Crippen LogP contribution in [0.3, 0.4) is 0 Å². The Hall–Kier alpha value is -4.45. The van der Waals surface area contributed by atoms with E-state index in [1.165, 1.54) is 18.2 Å². The third-order valence-electron chi connectivity index (χ3n) is 5.39. The number of hydrogen-bond acceptors (Lipinski definition) is 6. The molecule has 3 aromatic carbocycles. The highest BCUT2D eigenvalue weighted by Gasteiger charge is 2.38. The summed E-state index contributed by atoms with van der Waals surface area (Å²) >= 11 is 3.28. The van der Waals surface area contributed by atoms with Gasteiger partial charge in [-0.15, -0.1) is 0 Å². The zero-order valence-electron chi connectivity index (χ0n) is 20.0. The largest absolute Gasteiger partial charge is 0.490 e. The number of carbonyl (C=O) groups excluding carboxylic acids is 4. The maximum absolute atomic E-state index is 13.2. The SMILES string of the molecule is CCOc1cc(/C=C2\C(=O)NC(=O)N(c3cccc(C(F)(F)F)c3)C2=O)ccc1OC(=O)c1ccc(Br)cc1. The van der Waals surface area contributed by atoms with E-state index in [-0.39, 0.29) is 34.9 Å². The van der Waals surface area contributed by atoms with Crippen LogP contribution in [0.2, 0.25) is 0 Å². The summed E-state index contributed by atoms with van der Waals surface area (Å²) in [5.74, 6) is -2.59. The minimum atomic E-state index is -4.71. The van der Waals surface area contributed by atoms with Crippen LogP contribution in [-0.2, 0) is 15.8 Å². The van der Waals surface area contributed by atoms with Gasteiger partial charge in [0.25, 0.3) is 11.8 Å². The number of hydrogen-bond donors (Lipinski definition) is 1. The number of anilines is 1. The lowest BCUT2D eigenvalue weighted by Crippen LogP contribution is -2.54. The first-order valence-corrected chi connectivity index (χ1v) is 12.1. The van der Waals surface area contributed by atoms with E-state index in [0.29, 0.717) is 11.0 Å². The van der Waals surface area contributed by atoms with Gasteiger partial charge < -0.3 is 9.47 Å². The smallest absolute Gasteiger partial charge is 0.416 e. The number of alkyl halides is 3. The lowest BCUT2D eigenvalue weighted by Gasteiger charge is -2.27. The summed E-state index contributed by atoms with van der Waals surface area (Å²) < 4.78 is 51.3. The molecule has 0 aromatic heterocycles. The Morgan fingerprint density at radius 2 is 1.72 bits per heavy atom. The summed E-state index contributed by atoms with van der Waals surface area (Å²) in [7, 11) is 0. The van der Waals surface area contributed by atoms with E-state index in [0.717, 1.165) is 28.7 Å². The highest BCUT2D eigenvalue weighted by molar-refractivity contribution is 9.10. The molecule has 0 unspecified atom stereocenters. The van der Waals surface area contributed by atoms with Crippen molar-refractivity contribution in [3.05, 3.63) is 93.5 Å². The van der Waals surface area contributed by atoms with Gasteiger partial charge in [0.2, 0.25) is 0 Å². The minimum Gasteiger partial charge on any atom is -0.490 e. The predicted octanol–water partition coefficient (Wildman–Crippen LogP) is 5.75. The Morgan fingerprint density at radius 1 is 1.00 bits per heavy atom. The minimum absolute atomic E-state index is 0.0760. The molecule has 3 aromatic rings. The fourth-order valence-electron chi connectivity index (χ4n) is 3.59. The normalized spacial score (nSPS) is 14.8. The molecular formula is C27H18BrF3N2O6. The molecule has 200 valence electrons. The molecule has 0 bridgehead atoms. The number of nitrogens with one attached hydrogen (secondary N) is 1. The third kappa shape index (κ3) is 6.17. The van der Waals surface area contributed by atoms with Crippen molar-refractivity contribution in [1.82, 2.24) is 5.32 Å². The number of benzene rings is 3. The first-order chi connectivity index (χ1) is 18.5. The van der Waals surface area contributed by atoms with Crippen LogP contribution in [0.5, 0.6) is 11.5 Å². The number of urea groups is 1. The van der Waals surface area contributed by atoms with E-state index in [1.807, 2.05) is 5.32 Å². The number of ether oxygens (including phenoxy) is 2. The molecule has 1 N–H and O–H groups in total. The highest BCUT2D eigenvalue weighted by Crippen LogP contribution is 2.34. The van der Waals surface area contributed by atoms with Crippen molar-refractivity contribution in [1.29, 1.82) is 0 Å². The Bertz CT molecular complexity index is 1500. The van der Waals surface area contributed by atoms with Gasteiger partial charge in [-0.1, -0.05) is 28.1 Å². The molecule has 8 nitrogen and oxygen atoms in total. The number of carbonyl (C=O) groups is 4. The lowest BCUT2D eigenvalue weighted by molar-refractivity contribution is -0.137. The zero-order chi connectivity index (χ0) is 28.3. The Balaban J connectivity index is 1.65. The van der Waals surface area contributed by atoms with Gasteiger partial charge in [-0.3, -0.25) is 14.9 Å². The quantitative estimate of drug-likeness (QED) is 0.167. The fraction of sp³-hybridized carbons (Fsp3) is 0.111. The van der Waals surface area contributed by atoms with Crippen LogP contribution in [0.4, 0.5) is 23.7 Å². The van der Waals surface area contributed by atoms with Crippen molar-refractivity contribution in [2.24, 2.45) is 0 Å². The van der Waals surface area contributed by atoms with Gasteiger partial charge in [0, 0.05) is 4.47 Å². The van der Waals surface area contributed by atoms with Gasteiger partial charge in [0.1, 0.15) is 5.57 Å². The average molecular weight is 603 g/mol. The third-order valence-corrected chi connectivity index (χ3v) is 5.92. The maximum Gasteiger partial charge on any atom is 0.416 e. The molecule has 0 atom stereocenters. The molecule has 39 heavy (non-hydrogen) atoms. The molecule has 0 saturated carbocycles. The summed E-state index contributed by atoms with van der Waals surface area (Å²) in [5.41, 5.74) is -1.39. The predicted molar refractivity (Wildman–Crippen MR) is 137 cm³/mol. The summed E-state index contributed by atoms with van der Waals surface area (Å²) in [5, 5.41) is 1.96. The second kappa shape index (κ2) is 11.1. The molecule has 0 radical (unpaired) electrons. The lowest BCUT2D eigenvalue weighted by atomic mass is 10.1. The van der Waals surface area contributed by atoms with E-state index < -0.39 is 41.1 Å². The molecule has 1 fully saturated rings.